The molecule has 0 aliphatic carbocycles. The molecule has 5 nitrogen and oxygen atoms in total. The number of alkyl halides is 3. The molecule has 0 saturated carbocycles. The molecule has 1 fully saturated rings. The first kappa shape index (κ1) is 25.1. The Morgan fingerprint density at radius 3 is 2.42 bits per heavy atom. The summed E-state index contributed by atoms with van der Waals surface area (Å²) >= 11 is 5.93. The van der Waals surface area contributed by atoms with Crippen LogP contribution >= 0.6 is 11.6 Å². The van der Waals surface area contributed by atoms with Gasteiger partial charge in [-0.1, -0.05) is 29.8 Å². The Bertz CT molecular complexity index is 958. The van der Waals surface area contributed by atoms with E-state index in [9.17, 15) is 22.8 Å². The Morgan fingerprint density at radius 2 is 1.79 bits per heavy atom. The molecule has 0 radical (unpaired) electrons. The lowest BCUT2D eigenvalue weighted by Crippen LogP contribution is -2.42. The summed E-state index contributed by atoms with van der Waals surface area (Å²) < 4.78 is 38.5. The van der Waals surface area contributed by atoms with Crippen molar-refractivity contribution in [3.05, 3.63) is 70.2 Å². The number of nitrogens with one attached hydrogen (secondary N) is 1. The summed E-state index contributed by atoms with van der Waals surface area (Å²) in [7, 11) is 1.68. The zero-order chi connectivity index (χ0) is 24.0. The molecule has 9 heteroatoms. The lowest BCUT2D eigenvalue weighted by molar-refractivity contribution is -0.137. The number of rotatable bonds is 7. The second-order valence-electron chi connectivity index (χ2n) is 8.38. The van der Waals surface area contributed by atoms with Crippen molar-refractivity contribution in [2.75, 3.05) is 33.2 Å². The monoisotopic (exact) mass is 481 g/mol. The van der Waals surface area contributed by atoms with E-state index in [1.54, 1.807) is 11.9 Å². The molecule has 33 heavy (non-hydrogen) atoms. The molecule has 0 spiro atoms. The fourth-order valence-corrected chi connectivity index (χ4v) is 4.02. The lowest BCUT2D eigenvalue weighted by atomic mass is 9.96. The summed E-state index contributed by atoms with van der Waals surface area (Å²) in [5, 5.41) is 3.14. The van der Waals surface area contributed by atoms with Gasteiger partial charge in [-0.2, -0.15) is 13.2 Å². The third-order valence-corrected chi connectivity index (χ3v) is 6.09. The molecular weight excluding hydrogens is 455 g/mol. The van der Waals surface area contributed by atoms with Gasteiger partial charge in [0.15, 0.2) is 0 Å². The summed E-state index contributed by atoms with van der Waals surface area (Å²) in [5.74, 6) is -0.628. The van der Waals surface area contributed by atoms with E-state index in [-0.39, 0.29) is 18.0 Å². The average Bonchev–Trinajstić information content (AvgIpc) is 2.79. The van der Waals surface area contributed by atoms with Crippen LogP contribution < -0.4 is 5.32 Å². The van der Waals surface area contributed by atoms with Gasteiger partial charge in [0.25, 0.3) is 5.91 Å². The van der Waals surface area contributed by atoms with Crippen LogP contribution in [-0.4, -0.2) is 54.8 Å². The normalized spacial score (nSPS) is 15.3. The molecule has 0 bridgehead atoms. The number of nitrogens with zero attached hydrogens (tertiary/aromatic N) is 2. The fourth-order valence-electron chi connectivity index (χ4n) is 3.89. The molecule has 0 aromatic heterocycles. The van der Waals surface area contributed by atoms with Gasteiger partial charge < -0.3 is 10.2 Å². The Kier molecular flexibility index (Phi) is 8.37. The lowest BCUT2D eigenvalue weighted by Gasteiger charge is -2.34. The molecule has 2 aromatic rings. The molecule has 1 saturated heterocycles. The molecule has 1 N–H and O–H groups in total. The molecule has 178 valence electrons. The summed E-state index contributed by atoms with van der Waals surface area (Å²) in [5.41, 5.74) is 0.177. The van der Waals surface area contributed by atoms with Crippen LogP contribution in [0.2, 0.25) is 5.02 Å². The minimum absolute atomic E-state index is 0.131. The van der Waals surface area contributed by atoms with Gasteiger partial charge in [0.05, 0.1) is 12.1 Å². The van der Waals surface area contributed by atoms with Gasteiger partial charge in [0, 0.05) is 30.7 Å². The van der Waals surface area contributed by atoms with E-state index in [0.717, 1.165) is 49.6 Å². The van der Waals surface area contributed by atoms with Crippen LogP contribution in [0.5, 0.6) is 0 Å². The maximum absolute atomic E-state index is 12.8. The zero-order valence-corrected chi connectivity index (χ0v) is 19.1. The summed E-state index contributed by atoms with van der Waals surface area (Å²) in [6, 6.07) is 12.0. The van der Waals surface area contributed by atoms with Crippen molar-refractivity contribution in [1.82, 2.24) is 15.1 Å². The van der Waals surface area contributed by atoms with Crippen molar-refractivity contribution in [3.63, 3.8) is 0 Å². The molecule has 0 unspecified atom stereocenters. The van der Waals surface area contributed by atoms with Crippen molar-refractivity contribution in [2.45, 2.75) is 25.6 Å². The molecule has 2 aromatic carbocycles. The predicted octanol–water partition coefficient (Wildman–Crippen LogP) is 4.46. The Balaban J connectivity index is 1.41. The van der Waals surface area contributed by atoms with E-state index in [0.29, 0.717) is 12.5 Å². The van der Waals surface area contributed by atoms with E-state index < -0.39 is 17.6 Å². The molecule has 2 amide bonds. The van der Waals surface area contributed by atoms with Gasteiger partial charge in [0.2, 0.25) is 5.91 Å². The van der Waals surface area contributed by atoms with Gasteiger partial charge in [-0.15, -0.1) is 0 Å². The molecule has 1 aliphatic heterocycles. The number of benzene rings is 2. The largest absolute Gasteiger partial charge is 0.416 e. The first-order valence-corrected chi connectivity index (χ1v) is 11.2. The number of carbonyl (C=O) groups is 2. The average molecular weight is 482 g/mol. The minimum Gasteiger partial charge on any atom is -0.344 e. The van der Waals surface area contributed by atoms with Crippen LogP contribution in [0.1, 0.15) is 34.3 Å². The number of hydrogen-bond donors (Lipinski definition) is 1. The first-order chi connectivity index (χ1) is 15.6. The highest BCUT2D eigenvalue weighted by atomic mass is 35.5. The summed E-state index contributed by atoms with van der Waals surface area (Å²) in [6.07, 6.45) is -2.61. The van der Waals surface area contributed by atoms with Crippen molar-refractivity contribution >= 4 is 23.4 Å². The van der Waals surface area contributed by atoms with Crippen molar-refractivity contribution in [2.24, 2.45) is 5.92 Å². The Labute approximate surface area is 196 Å². The number of carbonyl (C=O) groups excluding carboxylic acids is 2. The SMILES string of the molecule is CN(CC1CCN(Cc2ccc(Cl)cc2)CC1)C(=O)CNC(=O)c1cccc(C(F)(F)F)c1. The van der Waals surface area contributed by atoms with E-state index in [1.165, 1.54) is 17.7 Å². The molecular formula is C24H27ClF3N3O2. The zero-order valence-electron chi connectivity index (χ0n) is 18.4. The van der Waals surface area contributed by atoms with E-state index in [1.807, 2.05) is 24.3 Å². The molecule has 0 atom stereocenters. The second kappa shape index (κ2) is 11.0. The molecule has 1 aliphatic rings. The highest BCUT2D eigenvalue weighted by Crippen LogP contribution is 2.29. The van der Waals surface area contributed by atoms with Gasteiger partial charge in [-0.3, -0.25) is 14.5 Å². The van der Waals surface area contributed by atoms with Gasteiger partial charge in [-0.25, -0.2) is 0 Å². The number of halogens is 4. The van der Waals surface area contributed by atoms with Crippen LogP contribution in [0.4, 0.5) is 13.2 Å². The van der Waals surface area contributed by atoms with Crippen LogP contribution in [0.15, 0.2) is 48.5 Å². The van der Waals surface area contributed by atoms with Crippen molar-refractivity contribution in [3.8, 4) is 0 Å². The van der Waals surface area contributed by atoms with Gasteiger partial charge in [-0.05, 0) is 67.7 Å². The summed E-state index contributed by atoms with van der Waals surface area (Å²) in [4.78, 5) is 28.6. The third kappa shape index (κ3) is 7.47. The topological polar surface area (TPSA) is 52.6 Å². The molecule has 3 rings (SSSR count). The fraction of sp³-hybridized carbons (Fsp3) is 0.417. The van der Waals surface area contributed by atoms with E-state index >= 15 is 0 Å². The number of piperidine rings is 1. The first-order valence-electron chi connectivity index (χ1n) is 10.8. The Morgan fingerprint density at radius 1 is 1.12 bits per heavy atom. The summed E-state index contributed by atoms with van der Waals surface area (Å²) in [6.45, 7) is 3.04. The number of likely N-dealkylation sites (tertiary alicyclic amines) is 1. The van der Waals surface area contributed by atoms with Crippen LogP contribution in [-0.2, 0) is 17.5 Å². The second-order valence-corrected chi connectivity index (χ2v) is 8.82. The minimum atomic E-state index is -4.53. The highest BCUT2D eigenvalue weighted by Gasteiger charge is 2.31. The number of hydrogen-bond acceptors (Lipinski definition) is 3. The smallest absolute Gasteiger partial charge is 0.344 e. The van der Waals surface area contributed by atoms with Crippen LogP contribution in [0.3, 0.4) is 0 Å². The maximum atomic E-state index is 12.8. The maximum Gasteiger partial charge on any atom is 0.416 e. The Hall–Kier alpha value is -2.58. The number of likely N-dealkylation sites (N-methyl/N-ethyl adjacent to an activating group) is 1. The standard InChI is InChI=1S/C24H27ClF3N3O2/c1-30(15-18-9-11-31(12-10-18)16-17-5-7-21(25)8-6-17)22(32)14-29-23(33)19-3-2-4-20(13-19)24(26,27)28/h2-8,13,18H,9-12,14-16H2,1H3,(H,29,33). The molecule has 1 heterocycles. The quantitative estimate of drug-likeness (QED) is 0.635. The van der Waals surface area contributed by atoms with Gasteiger partial charge >= 0.3 is 6.18 Å². The van der Waals surface area contributed by atoms with Crippen molar-refractivity contribution in [1.29, 1.82) is 0 Å². The number of amides is 2. The third-order valence-electron chi connectivity index (χ3n) is 5.84. The van der Waals surface area contributed by atoms with Crippen LogP contribution in [0, 0.1) is 5.92 Å². The van der Waals surface area contributed by atoms with E-state index in [2.05, 4.69) is 10.2 Å². The van der Waals surface area contributed by atoms with Gasteiger partial charge in [0.1, 0.15) is 0 Å². The van der Waals surface area contributed by atoms with Crippen LogP contribution in [0.25, 0.3) is 0 Å². The van der Waals surface area contributed by atoms with E-state index in [4.69, 9.17) is 11.6 Å². The highest BCUT2D eigenvalue weighted by molar-refractivity contribution is 6.30. The predicted molar refractivity (Wildman–Crippen MR) is 121 cm³/mol. The van der Waals surface area contributed by atoms with Crippen molar-refractivity contribution < 1.29 is 22.8 Å².